The summed E-state index contributed by atoms with van der Waals surface area (Å²) in [6, 6.07) is 13.8. The number of carbonyl (C=O) groups is 2. The Hall–Kier alpha value is -4.69. The minimum Gasteiger partial charge on any atom is -0.496 e. The number of carbonyl (C=O) groups excluding carboxylic acids is 2. The third-order valence-corrected chi connectivity index (χ3v) is 9.34. The molecule has 0 fully saturated rings. The Kier molecular flexibility index (Phi) is 12.4. The lowest BCUT2D eigenvalue weighted by Crippen LogP contribution is -2.34. The SMILES string of the molecule is COc1ccc(Nc2ncnc3c2c(CCCN(C)C(=O)OC(C)(C)C)cn3S(=O)(=O)c2ccccc2)cc1CN(C)CCC(=O)OC(C)(C)C. The number of rotatable bonds is 14. The normalized spacial score (nSPS) is 12.2. The molecule has 0 aliphatic rings. The molecule has 0 bridgehead atoms. The predicted octanol–water partition coefficient (Wildman–Crippen LogP) is 6.38. The smallest absolute Gasteiger partial charge is 0.410 e. The van der Waals surface area contributed by atoms with Gasteiger partial charge in [-0.25, -0.2) is 27.2 Å². The molecule has 1 amide bonds. The van der Waals surface area contributed by atoms with Crippen LogP contribution in [0, 0.1) is 0 Å². The van der Waals surface area contributed by atoms with Crippen LogP contribution >= 0.6 is 0 Å². The zero-order chi connectivity index (χ0) is 37.6. The second kappa shape index (κ2) is 16.1. The first kappa shape index (κ1) is 39.1. The Morgan fingerprint density at radius 1 is 0.902 bits per heavy atom. The fraction of sp³-hybridized carbons (Fsp3) is 0.459. The van der Waals surface area contributed by atoms with Gasteiger partial charge >= 0.3 is 12.1 Å². The number of anilines is 2. The van der Waals surface area contributed by atoms with Crippen molar-refractivity contribution in [1.82, 2.24) is 23.7 Å². The predicted molar refractivity (Wildman–Crippen MR) is 197 cm³/mol. The molecule has 0 saturated heterocycles. The first-order valence-corrected chi connectivity index (χ1v) is 18.3. The maximum atomic E-state index is 13.9. The topological polar surface area (TPSA) is 145 Å². The summed E-state index contributed by atoms with van der Waals surface area (Å²) >= 11 is 0. The van der Waals surface area contributed by atoms with Crippen LogP contribution in [0.25, 0.3) is 11.0 Å². The number of hydrogen-bond acceptors (Lipinski definition) is 11. The van der Waals surface area contributed by atoms with Crippen molar-refractivity contribution in [3.05, 3.63) is 72.2 Å². The third kappa shape index (κ3) is 10.7. The number of nitrogens with one attached hydrogen (secondary N) is 1. The number of amides is 1. The number of esters is 1. The Morgan fingerprint density at radius 3 is 2.24 bits per heavy atom. The second-order valence-corrected chi connectivity index (χ2v) is 16.2. The van der Waals surface area contributed by atoms with E-state index >= 15 is 0 Å². The van der Waals surface area contributed by atoms with Gasteiger partial charge in [-0.2, -0.15) is 0 Å². The van der Waals surface area contributed by atoms with E-state index in [4.69, 9.17) is 14.2 Å². The van der Waals surface area contributed by atoms with Crippen molar-refractivity contribution in [3.63, 3.8) is 0 Å². The van der Waals surface area contributed by atoms with Crippen molar-refractivity contribution in [2.24, 2.45) is 0 Å². The molecule has 51 heavy (non-hydrogen) atoms. The maximum absolute atomic E-state index is 13.9. The Labute approximate surface area is 301 Å². The highest BCUT2D eigenvalue weighted by Gasteiger charge is 2.25. The summed E-state index contributed by atoms with van der Waals surface area (Å²) in [5.41, 5.74) is 1.31. The van der Waals surface area contributed by atoms with Gasteiger partial charge in [-0.15, -0.1) is 0 Å². The van der Waals surface area contributed by atoms with E-state index in [2.05, 4.69) is 15.3 Å². The van der Waals surface area contributed by atoms with Crippen LogP contribution < -0.4 is 10.1 Å². The number of aryl methyl sites for hydroxylation is 1. The maximum Gasteiger partial charge on any atom is 0.410 e. The number of fused-ring (bicyclic) bond motifs is 1. The van der Waals surface area contributed by atoms with Crippen LogP contribution in [0.15, 0.2) is 66.0 Å². The molecular weight excluding hydrogens is 673 g/mol. The number of methoxy groups -OCH3 is 1. The van der Waals surface area contributed by atoms with Gasteiger partial charge in [0.05, 0.1) is 23.8 Å². The lowest BCUT2D eigenvalue weighted by molar-refractivity contribution is -0.155. The fourth-order valence-electron chi connectivity index (χ4n) is 5.38. The van der Waals surface area contributed by atoms with Crippen molar-refractivity contribution in [1.29, 1.82) is 0 Å². The zero-order valence-electron chi connectivity index (χ0n) is 31.0. The van der Waals surface area contributed by atoms with Gasteiger partial charge < -0.3 is 29.3 Å². The van der Waals surface area contributed by atoms with Gasteiger partial charge in [-0.05, 0) is 97.3 Å². The molecule has 0 saturated carbocycles. The highest BCUT2D eigenvalue weighted by molar-refractivity contribution is 7.90. The first-order valence-electron chi connectivity index (χ1n) is 16.8. The molecule has 276 valence electrons. The van der Waals surface area contributed by atoms with Crippen LogP contribution in [-0.2, 0) is 37.3 Å². The van der Waals surface area contributed by atoms with E-state index in [1.54, 1.807) is 50.7 Å². The third-order valence-electron chi connectivity index (χ3n) is 7.68. The van der Waals surface area contributed by atoms with Crippen LogP contribution in [-0.4, -0.2) is 89.7 Å². The number of ether oxygens (including phenoxy) is 3. The summed E-state index contributed by atoms with van der Waals surface area (Å²) < 4.78 is 45.5. The molecule has 0 radical (unpaired) electrons. The number of hydrogen-bond donors (Lipinski definition) is 1. The highest BCUT2D eigenvalue weighted by atomic mass is 32.2. The molecule has 0 unspecified atom stereocenters. The average molecular weight is 723 g/mol. The number of benzene rings is 2. The standard InChI is InChI=1S/C37H50N6O7S/c1-36(2,3)49-31(44)19-21-41(7)23-27-22-28(17-18-30(27)48-9)40-33-32-26(14-13-20-42(8)35(45)50-37(4,5)6)24-43(34(32)39-25-38-33)51(46,47)29-15-11-10-12-16-29/h10-12,15-18,22,24-25H,13-14,19-21,23H2,1-9H3,(H,38,39,40). The Bertz CT molecular complexity index is 1930. The minimum absolute atomic E-state index is 0.127. The number of nitrogens with zero attached hydrogens (tertiary/aromatic N) is 5. The quantitative estimate of drug-likeness (QED) is 0.145. The highest BCUT2D eigenvalue weighted by Crippen LogP contribution is 2.33. The lowest BCUT2D eigenvalue weighted by Gasteiger charge is -2.24. The van der Waals surface area contributed by atoms with Gasteiger partial charge in [-0.1, -0.05) is 18.2 Å². The van der Waals surface area contributed by atoms with Crippen molar-refractivity contribution in [3.8, 4) is 5.75 Å². The monoisotopic (exact) mass is 722 g/mol. The van der Waals surface area contributed by atoms with Crippen LogP contribution in [0.4, 0.5) is 16.3 Å². The summed E-state index contributed by atoms with van der Waals surface area (Å²) in [6.45, 7) is 12.3. The Morgan fingerprint density at radius 2 is 1.59 bits per heavy atom. The summed E-state index contributed by atoms with van der Waals surface area (Å²) in [5, 5.41) is 3.93. The molecular formula is C37H50N6O7S. The van der Waals surface area contributed by atoms with Crippen molar-refractivity contribution in [2.45, 2.75) is 83.4 Å². The van der Waals surface area contributed by atoms with E-state index < -0.39 is 27.3 Å². The van der Waals surface area contributed by atoms with Crippen molar-refractivity contribution in [2.75, 3.05) is 39.6 Å². The summed E-state index contributed by atoms with van der Waals surface area (Å²) in [4.78, 5) is 37.5. The lowest BCUT2D eigenvalue weighted by atomic mass is 10.1. The molecule has 0 atom stereocenters. The molecule has 14 heteroatoms. The molecule has 2 heterocycles. The van der Waals surface area contributed by atoms with Gasteiger partial charge in [0.2, 0.25) is 0 Å². The van der Waals surface area contributed by atoms with Crippen LogP contribution in [0.1, 0.15) is 65.5 Å². The largest absolute Gasteiger partial charge is 0.496 e. The van der Waals surface area contributed by atoms with Gasteiger partial charge in [0, 0.05) is 44.1 Å². The summed E-state index contributed by atoms with van der Waals surface area (Å²) in [5.74, 6) is 0.831. The molecule has 4 rings (SSSR count). The molecule has 0 spiro atoms. The molecule has 13 nitrogen and oxygen atoms in total. The molecule has 2 aromatic carbocycles. The van der Waals surface area contributed by atoms with Crippen molar-refractivity contribution < 1.29 is 32.2 Å². The molecule has 0 aliphatic heterocycles. The van der Waals surface area contributed by atoms with E-state index in [-0.39, 0.29) is 22.9 Å². The molecule has 2 aromatic heterocycles. The summed E-state index contributed by atoms with van der Waals surface area (Å²) in [6.07, 6.45) is 3.67. The fourth-order valence-corrected chi connectivity index (χ4v) is 6.74. The summed E-state index contributed by atoms with van der Waals surface area (Å²) in [7, 11) is 1.19. The van der Waals surface area contributed by atoms with E-state index in [0.29, 0.717) is 60.7 Å². The zero-order valence-corrected chi connectivity index (χ0v) is 31.8. The van der Waals surface area contributed by atoms with Gasteiger partial charge in [-0.3, -0.25) is 4.79 Å². The minimum atomic E-state index is -4.00. The second-order valence-electron chi connectivity index (χ2n) is 14.4. The van der Waals surface area contributed by atoms with Crippen LogP contribution in [0.2, 0.25) is 0 Å². The number of aromatic nitrogens is 3. The molecule has 1 N–H and O–H groups in total. The Balaban J connectivity index is 1.65. The van der Waals surface area contributed by atoms with E-state index in [1.807, 2.05) is 71.7 Å². The molecule has 0 aliphatic carbocycles. The van der Waals surface area contributed by atoms with E-state index in [1.165, 1.54) is 15.2 Å². The van der Waals surface area contributed by atoms with Crippen molar-refractivity contribution >= 4 is 44.6 Å². The van der Waals surface area contributed by atoms with E-state index in [9.17, 15) is 18.0 Å². The first-order chi connectivity index (χ1) is 23.9. The van der Waals surface area contributed by atoms with Gasteiger partial charge in [0.15, 0.2) is 5.65 Å². The van der Waals surface area contributed by atoms with Gasteiger partial charge in [0.25, 0.3) is 10.0 Å². The average Bonchev–Trinajstić information content (AvgIpc) is 3.43. The van der Waals surface area contributed by atoms with Crippen LogP contribution in [0.3, 0.4) is 0 Å². The van der Waals surface area contributed by atoms with E-state index in [0.717, 1.165) is 5.56 Å². The molecule has 4 aromatic rings. The van der Waals surface area contributed by atoms with Gasteiger partial charge in [0.1, 0.15) is 29.1 Å². The van der Waals surface area contributed by atoms with Crippen LogP contribution in [0.5, 0.6) is 5.75 Å².